The molecule has 0 bridgehead atoms. The van der Waals surface area contributed by atoms with Crippen LogP contribution in [0.5, 0.6) is 0 Å². The molecule has 0 spiro atoms. The molecule has 1 N–H and O–H groups in total. The maximum Gasteiger partial charge on any atom is 0.246 e. The minimum atomic E-state index is -3.90. The van der Waals surface area contributed by atoms with E-state index in [9.17, 15) is 12.8 Å². The summed E-state index contributed by atoms with van der Waals surface area (Å²) in [5, 5.41) is 9.17. The Morgan fingerprint density at radius 1 is 1.50 bits per heavy atom. The first kappa shape index (κ1) is 15.7. The number of hydrogen-bond acceptors (Lipinski definition) is 3. The summed E-state index contributed by atoms with van der Waals surface area (Å²) in [4.78, 5) is -0.453. The van der Waals surface area contributed by atoms with Gasteiger partial charge in [-0.3, -0.25) is 0 Å². The molecule has 1 saturated heterocycles. The summed E-state index contributed by atoms with van der Waals surface area (Å²) < 4.78 is 40.4. The highest BCUT2D eigenvalue weighted by Gasteiger charge is 2.34. The monoisotopic (exact) mass is 321 g/mol. The molecule has 0 amide bonds. The average molecular weight is 322 g/mol. The fraction of sp³-hybridized carbons (Fsp3) is 0.538. The van der Waals surface area contributed by atoms with E-state index in [0.29, 0.717) is 19.0 Å². The van der Waals surface area contributed by atoms with E-state index in [0.717, 1.165) is 18.9 Å². The van der Waals surface area contributed by atoms with Gasteiger partial charge in [-0.2, -0.15) is 4.31 Å². The molecule has 1 atom stereocenters. The number of aliphatic hydroxyl groups excluding tert-OH is 1. The number of benzene rings is 1. The molecule has 2 rings (SSSR count). The Balaban J connectivity index is 2.42. The first-order valence-electron chi connectivity index (χ1n) is 6.49. The van der Waals surface area contributed by atoms with Gasteiger partial charge in [0.1, 0.15) is 10.7 Å². The zero-order chi connectivity index (χ0) is 14.9. The molecule has 0 saturated carbocycles. The lowest BCUT2D eigenvalue weighted by Gasteiger charge is -2.18. The van der Waals surface area contributed by atoms with Crippen LogP contribution in [0.25, 0.3) is 0 Å². The second-order valence-electron chi connectivity index (χ2n) is 4.96. The van der Waals surface area contributed by atoms with E-state index >= 15 is 0 Å². The van der Waals surface area contributed by atoms with Crippen molar-refractivity contribution in [1.29, 1.82) is 0 Å². The molecule has 7 heteroatoms. The van der Waals surface area contributed by atoms with Gasteiger partial charge in [0.05, 0.1) is 6.61 Å². The van der Waals surface area contributed by atoms with Crippen LogP contribution in [0.2, 0.25) is 5.02 Å². The number of nitrogens with zero attached hydrogens (tertiary/aromatic N) is 1. The van der Waals surface area contributed by atoms with Crippen molar-refractivity contribution in [3.05, 3.63) is 28.5 Å². The van der Waals surface area contributed by atoms with Crippen molar-refractivity contribution in [3.8, 4) is 0 Å². The summed E-state index contributed by atoms with van der Waals surface area (Å²) in [6.07, 6.45) is 1.68. The molecule has 1 unspecified atom stereocenters. The Kier molecular flexibility index (Phi) is 4.69. The van der Waals surface area contributed by atoms with Crippen LogP contribution in [-0.2, 0) is 16.6 Å². The van der Waals surface area contributed by atoms with Crippen LogP contribution in [0, 0.1) is 11.7 Å². The Morgan fingerprint density at radius 3 is 2.75 bits per heavy atom. The molecule has 112 valence electrons. The van der Waals surface area contributed by atoms with E-state index in [2.05, 4.69) is 0 Å². The number of aliphatic hydroxyl groups is 1. The van der Waals surface area contributed by atoms with Crippen molar-refractivity contribution in [1.82, 2.24) is 4.31 Å². The molecule has 1 aliphatic rings. The fourth-order valence-electron chi connectivity index (χ4n) is 2.41. The van der Waals surface area contributed by atoms with Crippen LogP contribution in [0.3, 0.4) is 0 Å². The van der Waals surface area contributed by atoms with E-state index in [1.807, 2.05) is 6.92 Å². The SMILES string of the molecule is CCC1CCN(S(=O)(=O)c2cc(Cl)cc(CO)c2F)C1. The van der Waals surface area contributed by atoms with Gasteiger partial charge < -0.3 is 5.11 Å². The Bertz CT molecular complexity index is 606. The lowest BCUT2D eigenvalue weighted by Crippen LogP contribution is -2.29. The van der Waals surface area contributed by atoms with E-state index in [1.165, 1.54) is 10.4 Å². The highest BCUT2D eigenvalue weighted by atomic mass is 35.5. The number of halogens is 2. The number of rotatable bonds is 4. The zero-order valence-electron chi connectivity index (χ0n) is 11.1. The van der Waals surface area contributed by atoms with Crippen LogP contribution >= 0.6 is 11.6 Å². The molecular weight excluding hydrogens is 305 g/mol. The van der Waals surface area contributed by atoms with Crippen molar-refractivity contribution in [3.63, 3.8) is 0 Å². The van der Waals surface area contributed by atoms with Crippen LogP contribution < -0.4 is 0 Å². The predicted octanol–water partition coefficient (Wildman–Crippen LogP) is 2.39. The summed E-state index contributed by atoms with van der Waals surface area (Å²) in [5.74, 6) is -0.610. The summed E-state index contributed by atoms with van der Waals surface area (Å²) >= 11 is 5.81. The summed E-state index contributed by atoms with van der Waals surface area (Å²) in [7, 11) is -3.90. The smallest absolute Gasteiger partial charge is 0.246 e. The van der Waals surface area contributed by atoms with Gasteiger partial charge in [0.15, 0.2) is 0 Å². The van der Waals surface area contributed by atoms with Gasteiger partial charge in [-0.25, -0.2) is 12.8 Å². The highest BCUT2D eigenvalue weighted by molar-refractivity contribution is 7.89. The molecule has 0 aliphatic carbocycles. The quantitative estimate of drug-likeness (QED) is 0.926. The predicted molar refractivity (Wildman–Crippen MR) is 74.5 cm³/mol. The standard InChI is InChI=1S/C13H17ClFNO3S/c1-2-9-3-4-16(7-9)20(18,19)12-6-11(14)5-10(8-17)13(12)15/h5-6,9,17H,2-4,7-8H2,1H3. The van der Waals surface area contributed by atoms with Crippen LogP contribution in [0.4, 0.5) is 4.39 Å². The topological polar surface area (TPSA) is 57.6 Å². The molecule has 1 heterocycles. The van der Waals surface area contributed by atoms with E-state index in [-0.39, 0.29) is 10.6 Å². The first-order chi connectivity index (χ1) is 9.40. The van der Waals surface area contributed by atoms with Crippen molar-refractivity contribution >= 4 is 21.6 Å². The van der Waals surface area contributed by atoms with Crippen molar-refractivity contribution in [2.45, 2.75) is 31.3 Å². The van der Waals surface area contributed by atoms with E-state index < -0.39 is 27.3 Å². The van der Waals surface area contributed by atoms with Crippen LogP contribution in [0.15, 0.2) is 17.0 Å². The van der Waals surface area contributed by atoms with Crippen molar-refractivity contribution in [2.24, 2.45) is 5.92 Å². The van der Waals surface area contributed by atoms with Gasteiger partial charge in [-0.15, -0.1) is 0 Å². The molecular formula is C13H17ClFNO3S. The third-order valence-electron chi connectivity index (χ3n) is 3.69. The Labute approximate surface area is 123 Å². The van der Waals surface area contributed by atoms with Gasteiger partial charge in [0, 0.05) is 23.7 Å². The Morgan fingerprint density at radius 2 is 2.20 bits per heavy atom. The normalized spacial score (nSPS) is 20.5. The average Bonchev–Trinajstić information content (AvgIpc) is 2.90. The largest absolute Gasteiger partial charge is 0.392 e. The minimum Gasteiger partial charge on any atom is -0.392 e. The van der Waals surface area contributed by atoms with Crippen LogP contribution in [-0.4, -0.2) is 30.9 Å². The minimum absolute atomic E-state index is 0.0975. The molecule has 1 aliphatic heterocycles. The number of sulfonamides is 1. The van der Waals surface area contributed by atoms with Gasteiger partial charge >= 0.3 is 0 Å². The molecule has 4 nitrogen and oxygen atoms in total. The van der Waals surface area contributed by atoms with E-state index in [4.69, 9.17) is 16.7 Å². The zero-order valence-corrected chi connectivity index (χ0v) is 12.7. The van der Waals surface area contributed by atoms with Crippen molar-refractivity contribution < 1.29 is 17.9 Å². The molecule has 1 fully saturated rings. The fourth-order valence-corrected chi connectivity index (χ4v) is 4.38. The second kappa shape index (κ2) is 5.97. The summed E-state index contributed by atoms with van der Waals surface area (Å²) in [5.41, 5.74) is -0.109. The maximum absolute atomic E-state index is 14.2. The Hall–Kier alpha value is -0.690. The molecule has 1 aromatic rings. The first-order valence-corrected chi connectivity index (χ1v) is 8.30. The summed E-state index contributed by atoms with van der Waals surface area (Å²) in [6.45, 7) is 2.21. The van der Waals surface area contributed by atoms with Gasteiger partial charge in [0.2, 0.25) is 10.0 Å². The second-order valence-corrected chi connectivity index (χ2v) is 7.30. The molecule has 0 aromatic heterocycles. The molecule has 0 radical (unpaired) electrons. The molecule has 20 heavy (non-hydrogen) atoms. The van der Waals surface area contributed by atoms with Crippen LogP contribution in [0.1, 0.15) is 25.3 Å². The van der Waals surface area contributed by atoms with E-state index in [1.54, 1.807) is 0 Å². The maximum atomic E-state index is 14.2. The number of hydrogen-bond donors (Lipinski definition) is 1. The van der Waals surface area contributed by atoms with Gasteiger partial charge in [-0.05, 0) is 24.5 Å². The third kappa shape index (κ3) is 2.83. The summed E-state index contributed by atoms with van der Waals surface area (Å²) in [6, 6.07) is 2.33. The third-order valence-corrected chi connectivity index (χ3v) is 5.78. The lowest BCUT2D eigenvalue weighted by atomic mass is 10.1. The highest BCUT2D eigenvalue weighted by Crippen LogP contribution is 2.30. The van der Waals surface area contributed by atoms with Gasteiger partial charge in [-0.1, -0.05) is 24.9 Å². The van der Waals surface area contributed by atoms with Crippen molar-refractivity contribution in [2.75, 3.05) is 13.1 Å². The molecule has 1 aromatic carbocycles. The lowest BCUT2D eigenvalue weighted by molar-refractivity contribution is 0.274. The van der Waals surface area contributed by atoms with Gasteiger partial charge in [0.25, 0.3) is 0 Å².